The molecule has 1 amide bonds. The fraction of sp³-hybridized carbons (Fsp3) is 0.148. The maximum atomic E-state index is 11.6. The summed E-state index contributed by atoms with van der Waals surface area (Å²) >= 11 is 0. The van der Waals surface area contributed by atoms with E-state index < -0.39 is 39.1 Å². The van der Waals surface area contributed by atoms with Gasteiger partial charge in [-0.2, -0.15) is 0 Å². The summed E-state index contributed by atoms with van der Waals surface area (Å²) in [7, 11) is -5.39. The van der Waals surface area contributed by atoms with Crippen molar-refractivity contribution in [3.05, 3.63) is 0 Å². The molecule has 0 aliphatic rings. The molecule has 0 aliphatic heterocycles. The van der Waals surface area contributed by atoms with Crippen LogP contribution in [0.25, 0.3) is 0 Å². The van der Waals surface area contributed by atoms with Crippen molar-refractivity contribution in [3.8, 4) is 119 Å². The molecule has 0 saturated carbocycles. The van der Waals surface area contributed by atoms with E-state index in [2.05, 4.69) is 104 Å². The van der Waals surface area contributed by atoms with Crippen molar-refractivity contribution in [2.24, 2.45) is 5.73 Å². The third-order valence-corrected chi connectivity index (χ3v) is 2.78. The van der Waals surface area contributed by atoms with Crippen LogP contribution in [-0.4, -0.2) is 37.2 Å². The van der Waals surface area contributed by atoms with Crippen LogP contribution in [0.1, 0.15) is 35.5 Å². The first-order valence-corrected chi connectivity index (χ1v) is 10.7. The van der Waals surface area contributed by atoms with Crippen LogP contribution in [0.4, 0.5) is 0 Å². The molecule has 40 heavy (non-hydrogen) atoms. The van der Waals surface area contributed by atoms with Crippen LogP contribution in [0.2, 0.25) is 0 Å². The summed E-state index contributed by atoms with van der Waals surface area (Å²) < 4.78 is 24.1. The molecular weight excluding hydrogens is 559 g/mol. The van der Waals surface area contributed by atoms with Crippen molar-refractivity contribution in [1.29, 1.82) is 0 Å². The van der Waals surface area contributed by atoms with Gasteiger partial charge in [0.05, 0.1) is 14.4 Å². The van der Waals surface area contributed by atoms with Crippen LogP contribution in [0.5, 0.6) is 0 Å². The number of carbonyl (C=O) groups excluding carboxylic acids is 3. The quantitative estimate of drug-likeness (QED) is 0.103. The second-order valence-electron chi connectivity index (χ2n) is 5.27. The number of esters is 2. The first-order valence-electron chi connectivity index (χ1n) is 9.25. The van der Waals surface area contributed by atoms with Crippen molar-refractivity contribution in [2.75, 3.05) is 13.2 Å². The minimum Gasteiger partial charge on any atom is -0.790 e. The summed E-state index contributed by atoms with van der Waals surface area (Å²) in [6.45, 7) is -0.332. The number of hydrogen-bond acceptors (Lipinski definition) is 9. The third-order valence-electron chi connectivity index (χ3n) is 2.32. The first-order chi connectivity index (χ1) is 18.0. The molecule has 0 unspecified atom stereocenters. The summed E-state index contributed by atoms with van der Waals surface area (Å²) in [5.74, 6) is 36.8. The number of rotatable bonds is 6. The predicted octanol–water partition coefficient (Wildman–Crippen LogP) is -4.00. The Morgan fingerprint density at radius 2 is 1.10 bits per heavy atom. The van der Waals surface area contributed by atoms with Gasteiger partial charge in [0.1, 0.15) is 6.61 Å². The normalized spacial score (nSPS) is 7.53. The van der Waals surface area contributed by atoms with Gasteiger partial charge in [-0.1, -0.05) is 0 Å². The van der Waals surface area contributed by atoms with Gasteiger partial charge in [0, 0.05) is 47.3 Å². The summed E-state index contributed by atoms with van der Waals surface area (Å²) in [5, 5.41) is 0. The van der Waals surface area contributed by atoms with E-state index in [9.17, 15) is 28.7 Å². The molecule has 226 valence electrons. The van der Waals surface area contributed by atoms with Crippen LogP contribution in [0.3, 0.4) is 0 Å². The monoisotopic (exact) mass is 611 g/mol. The predicted molar refractivity (Wildman–Crippen MR) is 171 cm³/mol. The number of phosphoric ester groups is 1. The number of ether oxygens (including phenoxy) is 2. The topological polar surface area (TPSA) is 168 Å². The molecule has 10 nitrogen and oxygen atoms in total. The molecule has 0 aromatic heterocycles. The maximum Gasteiger partial charge on any atom is 1.00 e. The third kappa shape index (κ3) is 38.6. The molecule has 0 heterocycles. The Hall–Kier alpha value is -3.88. The number of amides is 1. The molecule has 0 saturated heterocycles. The van der Waals surface area contributed by atoms with Gasteiger partial charge in [-0.3, -0.25) is 4.79 Å². The molecule has 0 bridgehead atoms. The average Bonchev–Trinajstić information content (AvgIpc) is 2.83. The Labute approximate surface area is 306 Å². The average molecular weight is 612 g/mol. The van der Waals surface area contributed by atoms with E-state index in [0.29, 0.717) is 0 Å². The molecule has 0 radical (unpaired) electrons. The summed E-state index contributed by atoms with van der Waals surface area (Å²) in [6.07, 6.45) is 8.27. The minimum atomic E-state index is -5.39. The van der Waals surface area contributed by atoms with Crippen LogP contribution < -0.4 is 74.6 Å². The zero-order chi connectivity index (χ0) is 29.1. The number of hydrogen-bond donors (Lipinski definition) is 1. The van der Waals surface area contributed by atoms with Crippen molar-refractivity contribution in [2.45, 2.75) is 13.0 Å². The van der Waals surface area contributed by atoms with Crippen molar-refractivity contribution >= 4 is 25.7 Å². The van der Waals surface area contributed by atoms with E-state index in [0.717, 1.165) is 0 Å². The van der Waals surface area contributed by atoms with E-state index in [4.69, 9.17) is 17.6 Å². The summed E-state index contributed by atoms with van der Waals surface area (Å²) in [4.78, 5) is 53.7. The van der Waals surface area contributed by atoms with E-state index in [1.54, 1.807) is 0 Å². The van der Waals surface area contributed by atoms with E-state index in [-0.39, 0.29) is 93.6 Å². The van der Waals surface area contributed by atoms with Crippen LogP contribution in [0.15, 0.2) is 0 Å². The fourth-order valence-corrected chi connectivity index (χ4v) is 1.57. The molecule has 2 N–H and O–H groups in total. The van der Waals surface area contributed by atoms with Gasteiger partial charge in [0.2, 0.25) is 5.91 Å². The van der Waals surface area contributed by atoms with Crippen molar-refractivity contribution in [1.82, 2.24) is 0 Å². The van der Waals surface area contributed by atoms with Crippen molar-refractivity contribution < 1.29 is 130 Å². The van der Waals surface area contributed by atoms with Crippen LogP contribution in [0, 0.1) is 119 Å². The molecule has 0 aromatic rings. The molecule has 1 atom stereocenters. The standard InChI is InChI=1S/C25H9O8P.C2H5NO.2Na.20H2/c1-3-5-7-9-11-12-13-14-16-17-19-24(26)31-21-23(22-32-34(28,29)30)33-25(27)20-18-15-10-8-6-4-2;1-2(3)4;;;;;;;;;;;;;;;;;;;;;;/h1-2,23H,21-22H2,(H2,28,29,30);1H3,(H2,3,4);;;20*1H/q;;2*+1;;;;;;;;;;;;;;;;;;;;/p-2/t23-;;;;;;;;;;;;;;;;;;;;;;;/m1......................./s1. The van der Waals surface area contributed by atoms with Crippen molar-refractivity contribution in [3.63, 3.8) is 0 Å². The molecule has 0 aromatic carbocycles. The number of carbonyl (C=O) groups is 3. The van der Waals surface area contributed by atoms with Gasteiger partial charge in [0.25, 0.3) is 0 Å². The molecule has 0 aliphatic carbocycles. The van der Waals surface area contributed by atoms with E-state index in [1.165, 1.54) is 6.92 Å². The smallest absolute Gasteiger partial charge is 0.790 e. The number of primary amides is 1. The Balaban J connectivity index is -0.0000000216. The van der Waals surface area contributed by atoms with Gasteiger partial charge in [-0.25, -0.2) is 9.59 Å². The second-order valence-corrected chi connectivity index (χ2v) is 6.42. The minimum absolute atomic E-state index is 0. The van der Waals surface area contributed by atoms with Gasteiger partial charge < -0.3 is 34.1 Å². The Kier molecular flexibility index (Phi) is 32.0. The van der Waals surface area contributed by atoms with Crippen LogP contribution in [-0.2, 0) is 32.9 Å². The number of terminal acetylenes is 2. The van der Waals surface area contributed by atoms with E-state index >= 15 is 0 Å². The van der Waals surface area contributed by atoms with Gasteiger partial charge in [0.15, 0.2) is 6.10 Å². The summed E-state index contributed by atoms with van der Waals surface area (Å²) in [5.41, 5.74) is 4.47. The van der Waals surface area contributed by atoms with E-state index in [1.807, 2.05) is 17.8 Å². The Bertz CT molecular complexity index is 1610. The maximum absolute atomic E-state index is 11.6. The molecule has 13 heteroatoms. The molecule has 0 rings (SSSR count). The molecule has 0 spiro atoms. The zero-order valence-corrected chi connectivity index (χ0v) is 26.2. The molecular formula is C27H52NNa2O9P. The Morgan fingerprint density at radius 1 is 0.750 bits per heavy atom. The number of phosphoric acid groups is 1. The van der Waals surface area contributed by atoms with Gasteiger partial charge >= 0.3 is 71.1 Å². The largest absolute Gasteiger partial charge is 1.00 e. The van der Waals surface area contributed by atoms with Gasteiger partial charge in [-0.05, 0) is 94.7 Å². The zero-order valence-electron chi connectivity index (χ0n) is 21.3. The summed E-state index contributed by atoms with van der Waals surface area (Å²) in [6, 6.07) is 0. The fourth-order valence-electron chi connectivity index (χ4n) is 1.23. The SMILES string of the molecule is C#CC#CC#CC#CC#CC#CC(=O)OC[C@H](COP(=O)([O-])[O-])OC(=O)C#CC#CC#CC#C.CC(N)=O.[HH].[HH].[HH].[HH].[HH].[HH].[HH].[HH].[HH].[HH].[HH].[HH].[HH].[HH].[HH].[HH].[HH].[HH].[HH].[HH].[Na+].[Na+]. The Morgan fingerprint density at radius 3 is 1.48 bits per heavy atom. The first kappa shape index (κ1) is 43.2. The number of nitrogens with two attached hydrogens (primary N) is 1. The van der Waals surface area contributed by atoms with Gasteiger partial charge in [-0.15, -0.1) is 12.8 Å². The molecule has 0 fully saturated rings. The van der Waals surface area contributed by atoms with Crippen LogP contribution >= 0.6 is 7.82 Å². The second kappa shape index (κ2) is 29.7.